The molecule has 0 radical (unpaired) electrons. The van der Waals surface area contributed by atoms with Crippen LogP contribution in [0.5, 0.6) is 0 Å². The molecule has 17 heavy (non-hydrogen) atoms. The first-order chi connectivity index (χ1) is 7.54. The van der Waals surface area contributed by atoms with Crippen LogP contribution >= 0.6 is 24.0 Å². The fourth-order valence-electron chi connectivity index (χ4n) is 2.25. The summed E-state index contributed by atoms with van der Waals surface area (Å²) in [5.74, 6) is 0. The number of likely N-dealkylation sites (tertiary alicyclic amines) is 1. The van der Waals surface area contributed by atoms with Crippen LogP contribution in [0.25, 0.3) is 0 Å². The van der Waals surface area contributed by atoms with Crippen LogP contribution in [0.3, 0.4) is 0 Å². The Balaban J connectivity index is 0.00000144. The number of nitrogens with zero attached hydrogens (tertiary/aromatic N) is 3. The molecule has 0 amide bonds. The summed E-state index contributed by atoms with van der Waals surface area (Å²) in [5.41, 5.74) is 7.15. The zero-order chi connectivity index (χ0) is 11.8. The van der Waals surface area contributed by atoms with Crippen molar-refractivity contribution in [3.63, 3.8) is 0 Å². The summed E-state index contributed by atoms with van der Waals surface area (Å²) in [6.45, 7) is 6.01. The number of hydrogen-bond acceptors (Lipinski definition) is 3. The van der Waals surface area contributed by atoms with Crippen molar-refractivity contribution in [2.24, 2.45) is 18.2 Å². The van der Waals surface area contributed by atoms with Gasteiger partial charge in [-0.2, -0.15) is 5.10 Å². The topological polar surface area (TPSA) is 47.1 Å². The third-order valence-electron chi connectivity index (χ3n) is 3.51. The molecule has 2 heterocycles. The largest absolute Gasteiger partial charge is 0.330 e. The van der Waals surface area contributed by atoms with Crippen molar-refractivity contribution < 1.29 is 0 Å². The number of rotatable bonds is 3. The number of nitrogens with two attached hydrogens (primary N) is 1. The maximum atomic E-state index is 6.09. The minimum atomic E-state index is 0. The Morgan fingerprint density at radius 3 is 2.76 bits per heavy atom. The summed E-state index contributed by atoms with van der Waals surface area (Å²) in [7, 11) is 1.93. The molecule has 4 nitrogen and oxygen atoms in total. The van der Waals surface area contributed by atoms with Crippen LogP contribution in [0.2, 0.25) is 5.02 Å². The first-order valence-corrected chi connectivity index (χ1v) is 6.01. The van der Waals surface area contributed by atoms with Gasteiger partial charge in [0.25, 0.3) is 0 Å². The first kappa shape index (κ1) is 14.8. The van der Waals surface area contributed by atoms with Gasteiger partial charge in [0.1, 0.15) is 0 Å². The Kier molecular flexibility index (Phi) is 4.84. The van der Waals surface area contributed by atoms with Crippen LogP contribution in [-0.2, 0) is 13.6 Å². The highest BCUT2D eigenvalue weighted by Gasteiger charge is 2.32. The molecule has 1 fully saturated rings. The van der Waals surface area contributed by atoms with E-state index in [1.807, 2.05) is 11.7 Å². The third kappa shape index (κ3) is 3.13. The van der Waals surface area contributed by atoms with Crippen molar-refractivity contribution in [1.82, 2.24) is 14.7 Å². The Morgan fingerprint density at radius 1 is 1.59 bits per heavy atom. The zero-order valence-electron chi connectivity index (χ0n) is 10.3. The standard InChI is InChI=1S/C11H19ClN4.ClH/c1-11(7-13)3-4-16(8-11)6-10-9(12)5-14-15(10)2;/h5H,3-4,6-8,13H2,1-2H3;1H. The molecule has 1 aliphatic rings. The number of halogens is 2. The van der Waals surface area contributed by atoms with Crippen molar-refractivity contribution in [3.8, 4) is 0 Å². The molecule has 0 aliphatic carbocycles. The minimum Gasteiger partial charge on any atom is -0.330 e. The molecule has 1 saturated heterocycles. The molecule has 1 aromatic rings. The van der Waals surface area contributed by atoms with Crippen molar-refractivity contribution in [2.45, 2.75) is 19.9 Å². The summed E-state index contributed by atoms with van der Waals surface area (Å²) in [4.78, 5) is 2.40. The smallest absolute Gasteiger partial charge is 0.0831 e. The predicted octanol–water partition coefficient (Wildman–Crippen LogP) is 1.67. The Bertz CT molecular complexity index is 360. The monoisotopic (exact) mass is 278 g/mol. The fraction of sp³-hybridized carbons (Fsp3) is 0.727. The average Bonchev–Trinajstić information content (AvgIpc) is 2.78. The molecule has 1 aromatic heterocycles. The predicted molar refractivity (Wildman–Crippen MR) is 72.5 cm³/mol. The SMILES string of the molecule is Cl.Cn1ncc(Cl)c1CN1CCC(C)(CN)C1. The molecule has 98 valence electrons. The van der Waals surface area contributed by atoms with E-state index in [-0.39, 0.29) is 17.8 Å². The van der Waals surface area contributed by atoms with E-state index >= 15 is 0 Å². The number of aromatic nitrogens is 2. The molecule has 1 unspecified atom stereocenters. The van der Waals surface area contributed by atoms with E-state index in [4.69, 9.17) is 17.3 Å². The van der Waals surface area contributed by atoms with Gasteiger partial charge in [-0.25, -0.2) is 0 Å². The lowest BCUT2D eigenvalue weighted by Gasteiger charge is -2.22. The highest BCUT2D eigenvalue weighted by Crippen LogP contribution is 2.30. The Labute approximate surface area is 114 Å². The molecule has 0 saturated carbocycles. The molecule has 0 bridgehead atoms. The van der Waals surface area contributed by atoms with Crippen LogP contribution in [0.1, 0.15) is 19.0 Å². The summed E-state index contributed by atoms with van der Waals surface area (Å²) in [6.07, 6.45) is 2.87. The maximum absolute atomic E-state index is 6.09. The van der Waals surface area contributed by atoms with Crippen molar-refractivity contribution in [3.05, 3.63) is 16.9 Å². The average molecular weight is 279 g/mol. The van der Waals surface area contributed by atoms with Crippen molar-refractivity contribution >= 4 is 24.0 Å². The lowest BCUT2D eigenvalue weighted by atomic mass is 9.90. The van der Waals surface area contributed by atoms with Crippen LogP contribution in [0, 0.1) is 5.41 Å². The lowest BCUT2D eigenvalue weighted by molar-refractivity contribution is 0.269. The van der Waals surface area contributed by atoms with E-state index in [2.05, 4.69) is 16.9 Å². The van der Waals surface area contributed by atoms with Gasteiger partial charge in [0.05, 0.1) is 16.9 Å². The Hall–Kier alpha value is -0.290. The van der Waals surface area contributed by atoms with Gasteiger partial charge < -0.3 is 5.73 Å². The van der Waals surface area contributed by atoms with Crippen LogP contribution in [0.4, 0.5) is 0 Å². The molecule has 6 heteroatoms. The van der Waals surface area contributed by atoms with Crippen molar-refractivity contribution in [2.75, 3.05) is 19.6 Å². The molecule has 0 aromatic carbocycles. The lowest BCUT2D eigenvalue weighted by Crippen LogP contribution is -2.31. The fourth-order valence-corrected chi connectivity index (χ4v) is 2.48. The summed E-state index contributed by atoms with van der Waals surface area (Å²) in [5, 5.41) is 4.90. The van der Waals surface area contributed by atoms with Crippen molar-refractivity contribution in [1.29, 1.82) is 0 Å². The molecule has 1 aliphatic heterocycles. The van der Waals surface area contributed by atoms with Gasteiger partial charge in [0.15, 0.2) is 0 Å². The van der Waals surface area contributed by atoms with Gasteiger partial charge >= 0.3 is 0 Å². The maximum Gasteiger partial charge on any atom is 0.0831 e. The van der Waals surface area contributed by atoms with Gasteiger partial charge in [-0.3, -0.25) is 9.58 Å². The first-order valence-electron chi connectivity index (χ1n) is 5.63. The molecular weight excluding hydrogens is 259 g/mol. The highest BCUT2D eigenvalue weighted by atomic mass is 35.5. The normalized spacial score (nSPS) is 24.9. The van der Waals surface area contributed by atoms with E-state index in [0.717, 1.165) is 36.9 Å². The number of hydrogen-bond donors (Lipinski definition) is 1. The van der Waals surface area contributed by atoms with Gasteiger partial charge in [0.2, 0.25) is 0 Å². The van der Waals surface area contributed by atoms with E-state index in [1.165, 1.54) is 6.42 Å². The van der Waals surface area contributed by atoms with Crippen LogP contribution < -0.4 is 5.73 Å². The Morgan fingerprint density at radius 2 is 2.29 bits per heavy atom. The van der Waals surface area contributed by atoms with Crippen LogP contribution in [0.15, 0.2) is 6.20 Å². The van der Waals surface area contributed by atoms with E-state index < -0.39 is 0 Å². The quantitative estimate of drug-likeness (QED) is 0.915. The van der Waals surface area contributed by atoms with Crippen LogP contribution in [-0.4, -0.2) is 34.3 Å². The second-order valence-electron chi connectivity index (χ2n) is 5.04. The molecular formula is C11H20Cl2N4. The summed E-state index contributed by atoms with van der Waals surface area (Å²) in [6, 6.07) is 0. The third-order valence-corrected chi connectivity index (χ3v) is 3.83. The van der Waals surface area contributed by atoms with Gasteiger partial charge in [-0.15, -0.1) is 12.4 Å². The molecule has 2 rings (SSSR count). The van der Waals surface area contributed by atoms with E-state index in [9.17, 15) is 0 Å². The molecule has 0 spiro atoms. The number of aryl methyl sites for hydroxylation is 1. The van der Waals surface area contributed by atoms with Gasteiger partial charge in [-0.05, 0) is 24.9 Å². The second-order valence-corrected chi connectivity index (χ2v) is 5.45. The second kappa shape index (κ2) is 5.57. The molecule has 1 atom stereocenters. The molecule has 2 N–H and O–H groups in total. The van der Waals surface area contributed by atoms with E-state index in [1.54, 1.807) is 6.20 Å². The van der Waals surface area contributed by atoms with Gasteiger partial charge in [-0.1, -0.05) is 18.5 Å². The minimum absolute atomic E-state index is 0. The zero-order valence-corrected chi connectivity index (χ0v) is 11.9. The van der Waals surface area contributed by atoms with Gasteiger partial charge in [0, 0.05) is 20.1 Å². The summed E-state index contributed by atoms with van der Waals surface area (Å²) < 4.78 is 1.85. The summed E-state index contributed by atoms with van der Waals surface area (Å²) >= 11 is 6.09. The van der Waals surface area contributed by atoms with E-state index in [0.29, 0.717) is 0 Å². The highest BCUT2D eigenvalue weighted by molar-refractivity contribution is 6.31.